The number of ether oxygens (including phenoxy) is 1. The van der Waals surface area contributed by atoms with Crippen molar-refractivity contribution in [3.8, 4) is 0 Å². The number of aliphatic hydroxyl groups is 1. The monoisotopic (exact) mass is 116 g/mol. The van der Waals surface area contributed by atoms with Gasteiger partial charge in [-0.05, 0) is 6.92 Å². The Morgan fingerprint density at radius 1 is 1.50 bits per heavy atom. The Morgan fingerprint density at radius 3 is 1.75 bits per heavy atom. The molecule has 0 aliphatic heterocycles. The van der Waals surface area contributed by atoms with Gasteiger partial charge in [-0.1, -0.05) is 13.2 Å². The molecule has 1 N–H and O–H groups in total. The predicted molar refractivity (Wildman–Crippen MR) is 34.2 cm³/mol. The normalized spacial score (nSPS) is 5.75. The van der Waals surface area contributed by atoms with E-state index in [1.54, 1.807) is 6.92 Å². The van der Waals surface area contributed by atoms with Crippen LogP contribution in [0.2, 0.25) is 0 Å². The molecular weight excluding hydrogens is 104 g/mol. The highest BCUT2D eigenvalue weighted by Gasteiger charge is 1.45. The lowest BCUT2D eigenvalue weighted by molar-refractivity contribution is 0.318. The second-order valence-corrected chi connectivity index (χ2v) is 0.786. The van der Waals surface area contributed by atoms with Crippen LogP contribution < -0.4 is 0 Å². The number of aliphatic hydroxyl groups excluding tert-OH is 1. The van der Waals surface area contributed by atoms with E-state index in [0.717, 1.165) is 0 Å². The molecule has 0 saturated heterocycles. The zero-order chi connectivity index (χ0) is 6.83. The quantitative estimate of drug-likeness (QED) is 0.551. The summed E-state index contributed by atoms with van der Waals surface area (Å²) in [6, 6.07) is 0. The van der Waals surface area contributed by atoms with Crippen molar-refractivity contribution in [3.63, 3.8) is 0 Å². The van der Waals surface area contributed by atoms with Crippen molar-refractivity contribution in [3.05, 3.63) is 25.7 Å². The molecule has 2 heteroatoms. The molecule has 0 bridgehead atoms. The molecule has 0 spiro atoms. The molecule has 0 aromatic rings. The Bertz CT molecular complexity index is 44.5. The van der Waals surface area contributed by atoms with E-state index in [1.807, 2.05) is 0 Å². The van der Waals surface area contributed by atoms with E-state index in [4.69, 9.17) is 5.11 Å². The second-order valence-electron chi connectivity index (χ2n) is 0.786. The van der Waals surface area contributed by atoms with Gasteiger partial charge in [-0.15, -0.1) is 0 Å². The minimum Gasteiger partial charge on any atom is -0.474 e. The van der Waals surface area contributed by atoms with Crippen LogP contribution in [0.1, 0.15) is 6.92 Å². The first-order valence-electron chi connectivity index (χ1n) is 2.31. The molecule has 0 radical (unpaired) electrons. The molecule has 0 heterocycles. The number of hydrogen-bond acceptors (Lipinski definition) is 2. The molecule has 0 aliphatic rings. The number of rotatable bonds is 2. The van der Waals surface area contributed by atoms with Crippen LogP contribution in [0.15, 0.2) is 25.7 Å². The summed E-state index contributed by atoms with van der Waals surface area (Å²) in [7, 11) is 0. The standard InChI is InChI=1S/C4H6O.C2H6O/c1-3-5-4-2;1-2-3/h3-4H,1-2H2;3H,2H2,1H3. The molecular formula is C6H12O2. The highest BCUT2D eigenvalue weighted by atomic mass is 16.5. The van der Waals surface area contributed by atoms with Gasteiger partial charge in [-0.25, -0.2) is 0 Å². The first-order chi connectivity index (χ1) is 3.83. The van der Waals surface area contributed by atoms with Crippen LogP contribution in [0.5, 0.6) is 0 Å². The third-order valence-electron chi connectivity index (χ3n) is 0.192. The van der Waals surface area contributed by atoms with E-state index in [0.29, 0.717) is 0 Å². The van der Waals surface area contributed by atoms with Gasteiger partial charge >= 0.3 is 0 Å². The van der Waals surface area contributed by atoms with Crippen molar-refractivity contribution in [2.75, 3.05) is 6.61 Å². The minimum absolute atomic E-state index is 0.250. The lowest BCUT2D eigenvalue weighted by Gasteiger charge is -1.76. The van der Waals surface area contributed by atoms with E-state index in [9.17, 15) is 0 Å². The molecule has 0 atom stereocenters. The maximum absolute atomic E-state index is 7.57. The van der Waals surface area contributed by atoms with Gasteiger partial charge in [0, 0.05) is 6.61 Å². The van der Waals surface area contributed by atoms with Gasteiger partial charge in [0.05, 0.1) is 12.5 Å². The fourth-order valence-electron chi connectivity index (χ4n) is 0.0680. The number of hydrogen-bond donors (Lipinski definition) is 1. The molecule has 48 valence electrons. The molecule has 0 unspecified atom stereocenters. The van der Waals surface area contributed by atoms with Crippen molar-refractivity contribution in [2.45, 2.75) is 6.92 Å². The Hall–Kier alpha value is -0.760. The van der Waals surface area contributed by atoms with Gasteiger partial charge in [0.15, 0.2) is 0 Å². The first kappa shape index (κ1) is 10.3. The Morgan fingerprint density at radius 2 is 1.75 bits per heavy atom. The first-order valence-corrected chi connectivity index (χ1v) is 2.31. The van der Waals surface area contributed by atoms with E-state index in [1.165, 1.54) is 12.5 Å². The summed E-state index contributed by atoms with van der Waals surface area (Å²) in [6.07, 6.45) is 2.62. The molecule has 0 rings (SSSR count). The summed E-state index contributed by atoms with van der Waals surface area (Å²) in [4.78, 5) is 0. The van der Waals surface area contributed by atoms with E-state index < -0.39 is 0 Å². The Balaban J connectivity index is 0. The fourth-order valence-corrected chi connectivity index (χ4v) is 0.0680. The highest BCUT2D eigenvalue weighted by Crippen LogP contribution is 1.65. The molecule has 0 fully saturated rings. The maximum atomic E-state index is 7.57. The van der Waals surface area contributed by atoms with Gasteiger partial charge in [-0.3, -0.25) is 0 Å². The van der Waals surface area contributed by atoms with Gasteiger partial charge in [0.1, 0.15) is 0 Å². The lowest BCUT2D eigenvalue weighted by Crippen LogP contribution is -1.57. The zero-order valence-electron chi connectivity index (χ0n) is 5.13. The molecule has 0 aromatic carbocycles. The summed E-state index contributed by atoms with van der Waals surface area (Å²) in [5, 5.41) is 7.57. The minimum atomic E-state index is 0.250. The summed E-state index contributed by atoms with van der Waals surface area (Å²) >= 11 is 0. The van der Waals surface area contributed by atoms with Gasteiger partial charge in [0.25, 0.3) is 0 Å². The van der Waals surface area contributed by atoms with E-state index in [-0.39, 0.29) is 6.61 Å². The molecule has 0 saturated carbocycles. The SMILES string of the molecule is C=COC=C.CCO. The predicted octanol–water partition coefficient (Wildman–Crippen LogP) is 1.29. The third-order valence-corrected chi connectivity index (χ3v) is 0.192. The average Bonchev–Trinajstić information content (AvgIpc) is 1.71. The van der Waals surface area contributed by atoms with Crippen molar-refractivity contribution >= 4 is 0 Å². The van der Waals surface area contributed by atoms with Crippen LogP contribution in [0, 0.1) is 0 Å². The van der Waals surface area contributed by atoms with Gasteiger partial charge in [0.2, 0.25) is 0 Å². The lowest BCUT2D eigenvalue weighted by atomic mass is 10.9. The molecule has 8 heavy (non-hydrogen) atoms. The largest absolute Gasteiger partial charge is 0.474 e. The van der Waals surface area contributed by atoms with E-state index in [2.05, 4.69) is 17.9 Å². The van der Waals surface area contributed by atoms with Crippen molar-refractivity contribution < 1.29 is 9.84 Å². The average molecular weight is 116 g/mol. The summed E-state index contributed by atoms with van der Waals surface area (Å²) in [5.74, 6) is 0. The molecule has 0 amide bonds. The summed E-state index contributed by atoms with van der Waals surface area (Å²) in [6.45, 7) is 8.44. The van der Waals surface area contributed by atoms with Gasteiger partial charge < -0.3 is 9.84 Å². The fraction of sp³-hybridized carbons (Fsp3) is 0.333. The molecule has 0 aliphatic carbocycles. The van der Waals surface area contributed by atoms with Crippen molar-refractivity contribution in [1.29, 1.82) is 0 Å². The van der Waals surface area contributed by atoms with Crippen molar-refractivity contribution in [2.24, 2.45) is 0 Å². The summed E-state index contributed by atoms with van der Waals surface area (Å²) < 4.78 is 4.36. The van der Waals surface area contributed by atoms with Crippen LogP contribution >= 0.6 is 0 Å². The molecule has 0 aromatic heterocycles. The maximum Gasteiger partial charge on any atom is 0.0829 e. The van der Waals surface area contributed by atoms with Crippen LogP contribution in [-0.2, 0) is 4.74 Å². The zero-order valence-corrected chi connectivity index (χ0v) is 5.13. The van der Waals surface area contributed by atoms with Gasteiger partial charge in [-0.2, -0.15) is 0 Å². The topological polar surface area (TPSA) is 29.5 Å². The third kappa shape index (κ3) is 61.3. The smallest absolute Gasteiger partial charge is 0.0829 e. The van der Waals surface area contributed by atoms with E-state index >= 15 is 0 Å². The van der Waals surface area contributed by atoms with Crippen LogP contribution in [0.25, 0.3) is 0 Å². The Kier molecular flexibility index (Phi) is 20.9. The van der Waals surface area contributed by atoms with Crippen molar-refractivity contribution in [1.82, 2.24) is 0 Å². The summed E-state index contributed by atoms with van der Waals surface area (Å²) in [5.41, 5.74) is 0. The van der Waals surface area contributed by atoms with Crippen LogP contribution in [0.4, 0.5) is 0 Å². The molecule has 2 nitrogen and oxygen atoms in total. The highest BCUT2D eigenvalue weighted by molar-refractivity contribution is 4.57. The second kappa shape index (κ2) is 16.3. The van der Waals surface area contributed by atoms with Crippen LogP contribution in [0.3, 0.4) is 0 Å². The van der Waals surface area contributed by atoms with Crippen LogP contribution in [-0.4, -0.2) is 11.7 Å². The Labute approximate surface area is 50.1 Å².